The van der Waals surface area contributed by atoms with Crippen molar-refractivity contribution in [1.29, 1.82) is 0 Å². The molecule has 0 bridgehead atoms. The monoisotopic (exact) mass is 302 g/mol. The van der Waals surface area contributed by atoms with E-state index in [0.717, 1.165) is 30.5 Å². The van der Waals surface area contributed by atoms with Crippen LogP contribution in [0, 0.1) is 12.3 Å². The van der Waals surface area contributed by atoms with Gasteiger partial charge in [0.1, 0.15) is 0 Å². The van der Waals surface area contributed by atoms with Crippen molar-refractivity contribution in [3.63, 3.8) is 0 Å². The van der Waals surface area contributed by atoms with Crippen LogP contribution in [0.3, 0.4) is 0 Å². The molecule has 0 spiro atoms. The molecule has 0 N–H and O–H groups in total. The van der Waals surface area contributed by atoms with E-state index in [4.69, 9.17) is 6.42 Å². The molecule has 0 saturated heterocycles. The van der Waals surface area contributed by atoms with Crippen LogP contribution < -0.4 is 0 Å². The maximum absolute atomic E-state index is 5.54. The molecular weight excluding hydrogens is 268 g/mol. The van der Waals surface area contributed by atoms with Crippen molar-refractivity contribution in [2.45, 2.75) is 73.8 Å². The highest BCUT2D eigenvalue weighted by Gasteiger charge is 2.06. The van der Waals surface area contributed by atoms with Crippen molar-refractivity contribution in [3.05, 3.63) is 35.1 Å². The first-order valence-electron chi connectivity index (χ1n) is 8.21. The molecule has 124 valence electrons. The van der Waals surface area contributed by atoms with Crippen LogP contribution in [0.5, 0.6) is 0 Å². The van der Waals surface area contributed by atoms with Crippen LogP contribution in [0.15, 0.2) is 40.2 Å². The minimum absolute atomic E-state index is 0.321. The summed E-state index contributed by atoms with van der Waals surface area (Å²) in [4.78, 5) is 0. The summed E-state index contributed by atoms with van der Waals surface area (Å²) in [5.41, 5.74) is 3.49. The molecule has 22 heavy (non-hydrogen) atoms. The zero-order chi connectivity index (χ0) is 17.5. The Kier molecular flexibility index (Phi) is 14.5. The second kappa shape index (κ2) is 14.2. The first-order valence-corrected chi connectivity index (χ1v) is 8.21. The third-order valence-electron chi connectivity index (χ3n) is 3.17. The van der Waals surface area contributed by atoms with Gasteiger partial charge in [0.15, 0.2) is 0 Å². The summed E-state index contributed by atoms with van der Waals surface area (Å²) in [6.45, 7) is 18.1. The van der Waals surface area contributed by atoms with Gasteiger partial charge in [-0.3, -0.25) is 5.01 Å². The Morgan fingerprint density at radius 3 is 2.27 bits per heavy atom. The number of hydrazone groups is 1. The lowest BCUT2D eigenvalue weighted by Crippen LogP contribution is -2.22. The normalized spacial score (nSPS) is 12.4. The van der Waals surface area contributed by atoms with Crippen LogP contribution in [0.25, 0.3) is 0 Å². The van der Waals surface area contributed by atoms with E-state index in [1.807, 2.05) is 24.9 Å². The molecule has 0 unspecified atom stereocenters. The van der Waals surface area contributed by atoms with Crippen LogP contribution in [-0.4, -0.2) is 17.8 Å². The molecule has 0 aromatic rings. The molecule has 0 aliphatic carbocycles. The summed E-state index contributed by atoms with van der Waals surface area (Å²) in [6, 6.07) is 0.321. The van der Waals surface area contributed by atoms with Crippen molar-refractivity contribution < 1.29 is 0 Å². The second-order valence-electron chi connectivity index (χ2n) is 5.17. The highest BCUT2D eigenvalue weighted by atomic mass is 15.5. The number of rotatable bonds is 8. The van der Waals surface area contributed by atoms with Gasteiger partial charge in [-0.05, 0) is 47.0 Å². The molecule has 0 heterocycles. The minimum Gasteiger partial charge on any atom is -0.268 e. The Hall–Kier alpha value is -1.75. The zero-order valence-corrected chi connectivity index (χ0v) is 15.6. The molecule has 0 aliphatic rings. The second-order valence-corrected chi connectivity index (χ2v) is 5.17. The lowest BCUT2D eigenvalue weighted by molar-refractivity contribution is 0.300. The molecule has 0 amide bonds. The Morgan fingerprint density at radius 2 is 1.86 bits per heavy atom. The maximum Gasteiger partial charge on any atom is 0.0465 e. The minimum atomic E-state index is 0.321. The summed E-state index contributed by atoms with van der Waals surface area (Å²) >= 11 is 0. The Bertz CT molecular complexity index is 431. The van der Waals surface area contributed by atoms with Gasteiger partial charge >= 0.3 is 0 Å². The highest BCUT2D eigenvalue weighted by molar-refractivity contribution is 5.30. The third-order valence-corrected chi connectivity index (χ3v) is 3.17. The average molecular weight is 303 g/mol. The zero-order valence-electron chi connectivity index (χ0n) is 15.6. The van der Waals surface area contributed by atoms with E-state index in [-0.39, 0.29) is 0 Å². The lowest BCUT2D eigenvalue weighted by atomic mass is 10.1. The standard InChI is InChI=1S/C18H28N2.C2H6/c1-8-16(5)13-14-18(9-2)12-10-11-17(6)20(19-7)15(3)4;1-2/h2,11,13-15H,7-8,10,12H2,1,3-6H3;1-2H3/b16-13+,17-11+,18-14+;. The van der Waals surface area contributed by atoms with Crippen LogP contribution in [0.4, 0.5) is 0 Å². The first kappa shape index (κ1) is 22.5. The molecule has 0 saturated carbocycles. The molecule has 0 fully saturated rings. The molecule has 0 aliphatic heterocycles. The molecule has 0 radical (unpaired) electrons. The number of allylic oxidation sites excluding steroid dienone is 6. The number of hydrogen-bond donors (Lipinski definition) is 0. The largest absolute Gasteiger partial charge is 0.268 e. The van der Waals surface area contributed by atoms with Gasteiger partial charge in [0.05, 0.1) is 0 Å². The molecule has 0 aromatic heterocycles. The van der Waals surface area contributed by atoms with E-state index in [2.05, 4.69) is 64.5 Å². The topological polar surface area (TPSA) is 15.6 Å². The molecule has 0 rings (SSSR count). The fraction of sp³-hybridized carbons (Fsp3) is 0.550. The van der Waals surface area contributed by atoms with Crippen LogP contribution in [0.2, 0.25) is 0 Å². The third kappa shape index (κ3) is 10.0. The lowest BCUT2D eigenvalue weighted by Gasteiger charge is -2.23. The summed E-state index contributed by atoms with van der Waals surface area (Å²) < 4.78 is 0. The Balaban J connectivity index is 0. The van der Waals surface area contributed by atoms with Crippen molar-refractivity contribution in [3.8, 4) is 12.3 Å². The summed E-state index contributed by atoms with van der Waals surface area (Å²) in [7, 11) is 0. The van der Waals surface area contributed by atoms with Crippen molar-refractivity contribution in [1.82, 2.24) is 5.01 Å². The van der Waals surface area contributed by atoms with Gasteiger partial charge in [-0.15, -0.1) is 6.42 Å². The van der Waals surface area contributed by atoms with Gasteiger partial charge in [0.25, 0.3) is 0 Å². The molecule has 2 heteroatoms. The van der Waals surface area contributed by atoms with E-state index in [9.17, 15) is 0 Å². The van der Waals surface area contributed by atoms with Gasteiger partial charge in [-0.1, -0.05) is 50.5 Å². The van der Waals surface area contributed by atoms with Crippen LogP contribution >= 0.6 is 0 Å². The number of terminal acetylenes is 1. The first-order chi connectivity index (χ1) is 10.5. The smallest absolute Gasteiger partial charge is 0.0465 e. The van der Waals surface area contributed by atoms with Crippen molar-refractivity contribution >= 4 is 6.72 Å². The molecule has 0 aromatic carbocycles. The van der Waals surface area contributed by atoms with Crippen LogP contribution in [0.1, 0.15) is 67.7 Å². The SMILES string of the molecule is C#C/C(=C\C=C(/C)CC)CC/C=C(\C)N(N=C)C(C)C.CC. The van der Waals surface area contributed by atoms with E-state index in [1.54, 1.807) is 0 Å². The molecular formula is C20H34N2. The molecule has 2 nitrogen and oxygen atoms in total. The van der Waals surface area contributed by atoms with Gasteiger partial charge < -0.3 is 0 Å². The summed E-state index contributed by atoms with van der Waals surface area (Å²) in [5.74, 6) is 2.76. The number of hydrogen-bond acceptors (Lipinski definition) is 2. The Labute approximate surface area is 138 Å². The van der Waals surface area contributed by atoms with Crippen molar-refractivity contribution in [2.24, 2.45) is 5.10 Å². The van der Waals surface area contributed by atoms with E-state index < -0.39 is 0 Å². The predicted octanol–water partition coefficient (Wildman–Crippen LogP) is 5.94. The maximum atomic E-state index is 5.54. The van der Waals surface area contributed by atoms with Crippen molar-refractivity contribution in [2.75, 3.05) is 0 Å². The fourth-order valence-corrected chi connectivity index (χ4v) is 1.78. The van der Waals surface area contributed by atoms with Crippen LogP contribution in [-0.2, 0) is 0 Å². The highest BCUT2D eigenvalue weighted by Crippen LogP contribution is 2.13. The summed E-state index contributed by atoms with van der Waals surface area (Å²) in [5, 5.41) is 5.94. The summed E-state index contributed by atoms with van der Waals surface area (Å²) in [6.07, 6.45) is 14.7. The molecule has 0 atom stereocenters. The van der Waals surface area contributed by atoms with E-state index in [0.29, 0.717) is 6.04 Å². The van der Waals surface area contributed by atoms with Gasteiger partial charge in [0, 0.05) is 24.0 Å². The van der Waals surface area contributed by atoms with E-state index in [1.165, 1.54) is 5.57 Å². The van der Waals surface area contributed by atoms with E-state index >= 15 is 0 Å². The fourth-order valence-electron chi connectivity index (χ4n) is 1.78. The van der Waals surface area contributed by atoms with Gasteiger partial charge in [-0.25, -0.2) is 0 Å². The quantitative estimate of drug-likeness (QED) is 0.234. The predicted molar refractivity (Wildman–Crippen MR) is 102 cm³/mol. The average Bonchev–Trinajstić information content (AvgIpc) is 2.52. The van der Waals surface area contributed by atoms with Gasteiger partial charge in [0.2, 0.25) is 0 Å². The van der Waals surface area contributed by atoms with Gasteiger partial charge in [-0.2, -0.15) is 5.10 Å². The number of nitrogens with zero attached hydrogens (tertiary/aromatic N) is 2. The Morgan fingerprint density at radius 1 is 1.27 bits per heavy atom.